The average molecular weight is 745 g/mol. The largest absolute Gasteiger partial charge is 0.472 e. The zero-order valence-corrected chi connectivity index (χ0v) is 35.0. The minimum atomic E-state index is -4.27. The van der Waals surface area contributed by atoms with E-state index in [9.17, 15) is 14.3 Å². The van der Waals surface area contributed by atoms with Gasteiger partial charge in [-0.1, -0.05) is 154 Å². The standard InChI is InChI=1S/C42H82NO7P/c1-6-8-10-12-14-16-18-20-22-23-25-27-29-31-33-35-42(44)50-41(40-49-51(45,46)48-38-36-43(3,4)5)39-47-37-34-32-30-28-26-24-21-19-17-15-13-11-9-7-2/h14,16,20,22,41H,6-13,15,17-19,21,23-40H2,1-5H3/p+1. The minimum absolute atomic E-state index is 0.0875. The number of phosphoric ester groups is 1. The lowest BCUT2D eigenvalue weighted by molar-refractivity contribution is -0.870. The van der Waals surface area contributed by atoms with Crippen LogP contribution in [0, 0.1) is 0 Å². The van der Waals surface area contributed by atoms with Crippen LogP contribution in [-0.4, -0.2) is 75.6 Å². The summed E-state index contributed by atoms with van der Waals surface area (Å²) < 4.78 is 34.9. The predicted octanol–water partition coefficient (Wildman–Crippen LogP) is 12.0. The van der Waals surface area contributed by atoms with Gasteiger partial charge in [0.05, 0.1) is 34.4 Å². The molecular weight excluding hydrogens is 661 g/mol. The SMILES string of the molecule is CCCCCC=CCC=CCCCCCCCC(=O)OC(COCCCCCCCCCCCCCCCC)COP(=O)(O)OCC[N+](C)(C)C. The van der Waals surface area contributed by atoms with Crippen LogP contribution in [0.4, 0.5) is 0 Å². The average Bonchev–Trinajstić information content (AvgIpc) is 3.08. The van der Waals surface area contributed by atoms with Crippen LogP contribution in [0.1, 0.15) is 181 Å². The third-order valence-corrected chi connectivity index (χ3v) is 10.00. The second-order valence-electron chi connectivity index (χ2n) is 15.4. The van der Waals surface area contributed by atoms with Crippen LogP contribution in [0.5, 0.6) is 0 Å². The Morgan fingerprint density at radius 2 is 1.08 bits per heavy atom. The lowest BCUT2D eigenvalue weighted by Gasteiger charge is -2.24. The summed E-state index contributed by atoms with van der Waals surface area (Å²) in [6.45, 7) is 5.60. The first-order valence-corrected chi connectivity index (χ1v) is 22.6. The topological polar surface area (TPSA) is 91.3 Å². The zero-order valence-electron chi connectivity index (χ0n) is 34.1. The maximum absolute atomic E-state index is 12.7. The van der Waals surface area contributed by atoms with Crippen molar-refractivity contribution >= 4 is 13.8 Å². The third kappa shape index (κ3) is 40.0. The van der Waals surface area contributed by atoms with Gasteiger partial charge >= 0.3 is 13.8 Å². The summed E-state index contributed by atoms with van der Waals surface area (Å²) in [5.41, 5.74) is 0. The first-order chi connectivity index (χ1) is 24.6. The monoisotopic (exact) mass is 745 g/mol. The Morgan fingerprint density at radius 1 is 0.608 bits per heavy atom. The van der Waals surface area contributed by atoms with Crippen LogP contribution in [0.3, 0.4) is 0 Å². The molecule has 0 aromatic carbocycles. The van der Waals surface area contributed by atoms with E-state index in [1.54, 1.807) is 0 Å². The van der Waals surface area contributed by atoms with E-state index >= 15 is 0 Å². The van der Waals surface area contributed by atoms with Gasteiger partial charge in [-0.3, -0.25) is 13.8 Å². The van der Waals surface area contributed by atoms with Gasteiger partial charge in [0.15, 0.2) is 0 Å². The van der Waals surface area contributed by atoms with Crippen molar-refractivity contribution in [3.8, 4) is 0 Å². The number of hydrogen-bond acceptors (Lipinski definition) is 6. The molecule has 0 aliphatic heterocycles. The Hall–Kier alpha value is -1.02. The molecule has 0 aliphatic carbocycles. The number of likely N-dealkylation sites (N-methyl/N-ethyl adjacent to an activating group) is 1. The van der Waals surface area contributed by atoms with Crippen molar-refractivity contribution in [2.24, 2.45) is 0 Å². The maximum atomic E-state index is 12.7. The van der Waals surface area contributed by atoms with Crippen molar-refractivity contribution in [3.63, 3.8) is 0 Å². The molecule has 51 heavy (non-hydrogen) atoms. The summed E-state index contributed by atoms with van der Waals surface area (Å²) >= 11 is 0. The molecule has 1 N–H and O–H groups in total. The van der Waals surface area contributed by atoms with E-state index in [1.807, 2.05) is 21.1 Å². The van der Waals surface area contributed by atoms with E-state index in [1.165, 1.54) is 103 Å². The van der Waals surface area contributed by atoms with E-state index in [0.717, 1.165) is 57.8 Å². The second-order valence-corrected chi connectivity index (χ2v) is 16.8. The van der Waals surface area contributed by atoms with Crippen LogP contribution in [-0.2, 0) is 27.9 Å². The fraction of sp³-hybridized carbons (Fsp3) is 0.881. The number of rotatable bonds is 39. The molecule has 0 aliphatic rings. The highest BCUT2D eigenvalue weighted by Gasteiger charge is 2.26. The van der Waals surface area contributed by atoms with Gasteiger partial charge in [-0.2, -0.15) is 0 Å². The Balaban J connectivity index is 4.27. The molecule has 0 aromatic rings. The molecule has 2 atom stereocenters. The van der Waals surface area contributed by atoms with Crippen LogP contribution in [0.2, 0.25) is 0 Å². The maximum Gasteiger partial charge on any atom is 0.472 e. The molecule has 2 unspecified atom stereocenters. The molecule has 0 bridgehead atoms. The molecule has 0 rings (SSSR count). The van der Waals surface area contributed by atoms with Crippen LogP contribution >= 0.6 is 7.82 Å². The van der Waals surface area contributed by atoms with Gasteiger partial charge in [0.25, 0.3) is 0 Å². The second kappa shape index (κ2) is 36.0. The molecule has 0 spiro atoms. The van der Waals surface area contributed by atoms with Crippen LogP contribution in [0.15, 0.2) is 24.3 Å². The van der Waals surface area contributed by atoms with Crippen molar-refractivity contribution in [2.45, 2.75) is 187 Å². The van der Waals surface area contributed by atoms with Gasteiger partial charge in [-0.05, 0) is 44.9 Å². The number of esters is 1. The van der Waals surface area contributed by atoms with Gasteiger partial charge in [-0.15, -0.1) is 0 Å². The van der Waals surface area contributed by atoms with Gasteiger partial charge in [-0.25, -0.2) is 4.57 Å². The molecule has 0 fully saturated rings. The number of unbranched alkanes of at least 4 members (excludes halogenated alkanes) is 21. The highest BCUT2D eigenvalue weighted by atomic mass is 31.2. The molecule has 0 amide bonds. The van der Waals surface area contributed by atoms with Gasteiger partial charge < -0.3 is 18.9 Å². The lowest BCUT2D eigenvalue weighted by Crippen LogP contribution is -2.37. The number of allylic oxidation sites excluding steroid dienone is 4. The molecule has 0 aromatic heterocycles. The fourth-order valence-electron chi connectivity index (χ4n) is 5.70. The smallest absolute Gasteiger partial charge is 0.457 e. The summed E-state index contributed by atoms with van der Waals surface area (Å²) in [5, 5.41) is 0. The highest BCUT2D eigenvalue weighted by Crippen LogP contribution is 2.43. The molecule has 0 saturated heterocycles. The Kier molecular flexibility index (Phi) is 35.3. The Morgan fingerprint density at radius 3 is 1.63 bits per heavy atom. The Bertz CT molecular complexity index is 874. The molecule has 0 saturated carbocycles. The Labute approximate surface area is 315 Å². The van der Waals surface area contributed by atoms with Crippen molar-refractivity contribution in [2.75, 3.05) is 54.1 Å². The molecule has 8 nitrogen and oxygen atoms in total. The molecule has 0 heterocycles. The van der Waals surface area contributed by atoms with Gasteiger partial charge in [0.1, 0.15) is 19.3 Å². The lowest BCUT2D eigenvalue weighted by atomic mass is 10.0. The summed E-state index contributed by atoms with van der Waals surface area (Å²) in [6.07, 6.45) is 39.1. The number of ether oxygens (including phenoxy) is 2. The molecule has 9 heteroatoms. The van der Waals surface area contributed by atoms with E-state index in [-0.39, 0.29) is 25.8 Å². The summed E-state index contributed by atoms with van der Waals surface area (Å²) in [5.74, 6) is -0.326. The molecule has 0 radical (unpaired) electrons. The van der Waals surface area contributed by atoms with Crippen molar-refractivity contribution in [1.29, 1.82) is 0 Å². The number of hydrogen-bond donors (Lipinski definition) is 1. The summed E-state index contributed by atoms with van der Waals surface area (Å²) in [6, 6.07) is 0. The number of quaternary nitrogens is 1. The van der Waals surface area contributed by atoms with Crippen molar-refractivity contribution < 1.29 is 37.3 Å². The quantitative estimate of drug-likeness (QED) is 0.0220. The molecular formula is C42H83NO7P+. The van der Waals surface area contributed by atoms with Crippen molar-refractivity contribution in [3.05, 3.63) is 24.3 Å². The predicted molar refractivity (Wildman–Crippen MR) is 215 cm³/mol. The fourth-order valence-corrected chi connectivity index (χ4v) is 6.44. The molecule has 302 valence electrons. The van der Waals surface area contributed by atoms with E-state index in [0.29, 0.717) is 24.1 Å². The van der Waals surface area contributed by atoms with Crippen LogP contribution in [0.25, 0.3) is 0 Å². The van der Waals surface area contributed by atoms with E-state index in [2.05, 4.69) is 38.2 Å². The highest BCUT2D eigenvalue weighted by molar-refractivity contribution is 7.47. The third-order valence-electron chi connectivity index (χ3n) is 9.02. The minimum Gasteiger partial charge on any atom is -0.457 e. The number of carbonyl (C=O) groups is 1. The van der Waals surface area contributed by atoms with Gasteiger partial charge in [0.2, 0.25) is 0 Å². The first-order valence-electron chi connectivity index (χ1n) is 21.1. The number of nitrogens with zero attached hydrogens (tertiary/aromatic N) is 1. The van der Waals surface area contributed by atoms with Crippen molar-refractivity contribution in [1.82, 2.24) is 0 Å². The normalized spacial score (nSPS) is 14.1. The van der Waals surface area contributed by atoms with Crippen LogP contribution < -0.4 is 0 Å². The number of carbonyl (C=O) groups excluding carboxylic acids is 1. The summed E-state index contributed by atoms with van der Waals surface area (Å²) in [4.78, 5) is 22.8. The number of phosphoric acid groups is 1. The zero-order chi connectivity index (χ0) is 37.7. The first kappa shape index (κ1) is 50.0. The van der Waals surface area contributed by atoms with Gasteiger partial charge in [0, 0.05) is 13.0 Å². The van der Waals surface area contributed by atoms with E-state index in [4.69, 9.17) is 18.5 Å². The summed E-state index contributed by atoms with van der Waals surface area (Å²) in [7, 11) is 1.66. The van der Waals surface area contributed by atoms with E-state index < -0.39 is 13.9 Å².